The minimum atomic E-state index is -0.151. The number of carbonyl (C=O) groups excluding carboxylic acids is 1. The number of rotatable bonds is 4. The van der Waals surface area contributed by atoms with Gasteiger partial charge in [0.2, 0.25) is 0 Å². The molecule has 1 amide bonds. The largest absolute Gasteiger partial charge is 0.383 e. The first kappa shape index (κ1) is 20.9. The highest BCUT2D eigenvalue weighted by Gasteiger charge is 2.24. The summed E-state index contributed by atoms with van der Waals surface area (Å²) in [5.74, 6) is 0.318. The topological polar surface area (TPSA) is 97.9 Å². The second-order valence-electron chi connectivity index (χ2n) is 7.91. The Morgan fingerprint density at radius 2 is 1.94 bits per heavy atom. The Kier molecular flexibility index (Phi) is 5.79. The van der Waals surface area contributed by atoms with Crippen LogP contribution in [0.15, 0.2) is 60.8 Å². The molecule has 32 heavy (non-hydrogen) atoms. The van der Waals surface area contributed by atoms with Gasteiger partial charge in [-0.1, -0.05) is 30.3 Å². The number of pyridine rings is 1. The number of nitrogen functional groups attached to an aromatic ring is 1. The van der Waals surface area contributed by atoms with Crippen LogP contribution in [0.1, 0.15) is 29.2 Å². The summed E-state index contributed by atoms with van der Waals surface area (Å²) in [5.41, 5.74) is 10.4. The first-order chi connectivity index (χ1) is 15.6. The van der Waals surface area contributed by atoms with Gasteiger partial charge < -0.3 is 16.4 Å². The first-order valence-corrected chi connectivity index (χ1v) is 11.7. The normalized spacial score (nSPS) is 16.2. The van der Waals surface area contributed by atoms with E-state index in [1.165, 1.54) is 0 Å². The van der Waals surface area contributed by atoms with Crippen molar-refractivity contribution in [1.29, 1.82) is 0 Å². The lowest BCUT2D eigenvalue weighted by molar-refractivity contribution is 0.102. The van der Waals surface area contributed by atoms with E-state index in [4.69, 9.17) is 10.8 Å². The third-order valence-electron chi connectivity index (χ3n) is 5.78. The number of fused-ring (bicyclic) bond motifs is 1. The van der Waals surface area contributed by atoms with Crippen LogP contribution in [0.3, 0.4) is 0 Å². The van der Waals surface area contributed by atoms with E-state index in [0.29, 0.717) is 11.4 Å². The number of carbonyl (C=O) groups is 1. The lowest BCUT2D eigenvalue weighted by Crippen LogP contribution is -2.32. The SMILES string of the molecule is Nc1ncc(I)c2c1c(-c1ccc(C(=O)Nc3ccccc3)cc1)nn2[C@@H]1CCCNC1. The van der Waals surface area contributed by atoms with E-state index in [0.717, 1.165) is 57.3 Å². The average molecular weight is 538 g/mol. The van der Waals surface area contributed by atoms with Gasteiger partial charge >= 0.3 is 0 Å². The molecule has 0 unspecified atom stereocenters. The van der Waals surface area contributed by atoms with Crippen molar-refractivity contribution < 1.29 is 4.79 Å². The van der Waals surface area contributed by atoms with Gasteiger partial charge in [0.1, 0.15) is 11.5 Å². The van der Waals surface area contributed by atoms with Crippen molar-refractivity contribution >= 4 is 50.9 Å². The van der Waals surface area contributed by atoms with Crippen molar-refractivity contribution in [3.8, 4) is 11.3 Å². The molecule has 1 saturated heterocycles. The molecular formula is C24H23IN6O. The van der Waals surface area contributed by atoms with Crippen molar-refractivity contribution in [3.63, 3.8) is 0 Å². The van der Waals surface area contributed by atoms with E-state index in [9.17, 15) is 4.79 Å². The van der Waals surface area contributed by atoms with Crippen LogP contribution in [0.5, 0.6) is 0 Å². The number of hydrogen-bond donors (Lipinski definition) is 3. The summed E-state index contributed by atoms with van der Waals surface area (Å²) >= 11 is 2.30. The van der Waals surface area contributed by atoms with Crippen molar-refractivity contribution in [2.45, 2.75) is 18.9 Å². The third kappa shape index (κ3) is 3.95. The van der Waals surface area contributed by atoms with E-state index in [2.05, 4.69) is 42.9 Å². The number of para-hydroxylation sites is 1. The molecule has 0 radical (unpaired) electrons. The fourth-order valence-corrected chi connectivity index (χ4v) is 4.83. The summed E-state index contributed by atoms with van der Waals surface area (Å²) < 4.78 is 3.13. The Balaban J connectivity index is 1.52. The molecule has 1 aliphatic heterocycles. The number of nitrogens with zero attached hydrogens (tertiary/aromatic N) is 3. The lowest BCUT2D eigenvalue weighted by atomic mass is 10.1. The van der Waals surface area contributed by atoms with E-state index in [-0.39, 0.29) is 11.9 Å². The van der Waals surface area contributed by atoms with Gasteiger partial charge in [0.25, 0.3) is 5.91 Å². The fraction of sp³-hybridized carbons (Fsp3) is 0.208. The number of nitrogens with two attached hydrogens (primary N) is 1. The smallest absolute Gasteiger partial charge is 0.255 e. The van der Waals surface area contributed by atoms with Crippen LogP contribution in [0.4, 0.5) is 11.5 Å². The Hall–Kier alpha value is -2.98. The minimum Gasteiger partial charge on any atom is -0.383 e. The molecule has 0 aliphatic carbocycles. The number of amides is 1. The summed E-state index contributed by atoms with van der Waals surface area (Å²) in [6.45, 7) is 1.92. The highest BCUT2D eigenvalue weighted by Crippen LogP contribution is 2.36. The Bertz CT molecular complexity index is 1260. The number of halogens is 1. The highest BCUT2D eigenvalue weighted by molar-refractivity contribution is 14.1. The number of anilines is 2. The molecule has 8 heteroatoms. The molecule has 4 N–H and O–H groups in total. The van der Waals surface area contributed by atoms with Crippen LogP contribution in [-0.2, 0) is 0 Å². The van der Waals surface area contributed by atoms with Gasteiger partial charge in [0.15, 0.2) is 0 Å². The number of benzene rings is 2. The van der Waals surface area contributed by atoms with Gasteiger partial charge in [-0.2, -0.15) is 5.10 Å². The zero-order valence-corrected chi connectivity index (χ0v) is 19.5. The Morgan fingerprint density at radius 1 is 1.16 bits per heavy atom. The quantitative estimate of drug-likeness (QED) is 0.334. The fourth-order valence-electron chi connectivity index (χ4n) is 4.17. The first-order valence-electron chi connectivity index (χ1n) is 10.6. The monoisotopic (exact) mass is 538 g/mol. The maximum absolute atomic E-state index is 12.6. The molecule has 7 nitrogen and oxygen atoms in total. The molecule has 4 aromatic rings. The highest BCUT2D eigenvalue weighted by atomic mass is 127. The van der Waals surface area contributed by atoms with Gasteiger partial charge in [0, 0.05) is 29.6 Å². The van der Waals surface area contributed by atoms with Gasteiger partial charge in [-0.25, -0.2) is 4.98 Å². The van der Waals surface area contributed by atoms with Crippen LogP contribution >= 0.6 is 22.6 Å². The molecule has 1 fully saturated rings. The molecule has 2 aromatic heterocycles. The zero-order valence-electron chi connectivity index (χ0n) is 17.4. The molecule has 2 aromatic carbocycles. The van der Waals surface area contributed by atoms with E-state index >= 15 is 0 Å². The van der Waals surface area contributed by atoms with E-state index in [1.807, 2.05) is 54.6 Å². The van der Waals surface area contributed by atoms with E-state index in [1.54, 1.807) is 6.20 Å². The maximum atomic E-state index is 12.6. The average Bonchev–Trinajstić information content (AvgIpc) is 3.25. The Labute approximate surface area is 199 Å². The summed E-state index contributed by atoms with van der Waals surface area (Å²) in [6, 6.07) is 17.2. The van der Waals surface area contributed by atoms with Gasteiger partial charge in [-0.3, -0.25) is 9.48 Å². The molecule has 5 rings (SSSR count). The third-order valence-corrected chi connectivity index (χ3v) is 6.57. The minimum absolute atomic E-state index is 0.151. The molecule has 0 bridgehead atoms. The van der Waals surface area contributed by atoms with Crippen molar-refractivity contribution in [3.05, 3.63) is 69.9 Å². The molecular weight excluding hydrogens is 515 g/mol. The van der Waals surface area contributed by atoms with Gasteiger partial charge in [0.05, 0.1) is 20.5 Å². The lowest BCUT2D eigenvalue weighted by Gasteiger charge is -2.24. The summed E-state index contributed by atoms with van der Waals surface area (Å²) in [7, 11) is 0. The second kappa shape index (κ2) is 8.87. The maximum Gasteiger partial charge on any atom is 0.255 e. The van der Waals surface area contributed by atoms with Crippen LogP contribution < -0.4 is 16.4 Å². The number of piperidine rings is 1. The van der Waals surface area contributed by atoms with E-state index < -0.39 is 0 Å². The number of nitrogens with one attached hydrogen (secondary N) is 2. The standard InChI is InChI=1S/C24H23IN6O/c25-19-14-28-23(26)20-21(30-31(22(19)20)18-7-4-12-27-13-18)15-8-10-16(11-9-15)24(32)29-17-5-2-1-3-6-17/h1-3,5-6,8-11,14,18,27H,4,7,12-13H2,(H2,26,28)(H,29,32)/t18-/m1/s1. The van der Waals surface area contributed by atoms with Crippen LogP contribution in [-0.4, -0.2) is 33.8 Å². The number of hydrogen-bond acceptors (Lipinski definition) is 5. The molecule has 162 valence electrons. The summed E-state index contributed by atoms with van der Waals surface area (Å²) in [4.78, 5) is 17.0. The van der Waals surface area contributed by atoms with Crippen molar-refractivity contribution in [2.75, 3.05) is 24.1 Å². The molecule has 1 atom stereocenters. The van der Waals surface area contributed by atoms with Crippen molar-refractivity contribution in [1.82, 2.24) is 20.1 Å². The zero-order chi connectivity index (χ0) is 22.1. The molecule has 0 spiro atoms. The second-order valence-corrected chi connectivity index (χ2v) is 9.07. The molecule has 3 heterocycles. The van der Waals surface area contributed by atoms with Crippen LogP contribution in [0.2, 0.25) is 0 Å². The summed E-state index contributed by atoms with van der Waals surface area (Å²) in [6.07, 6.45) is 3.98. The predicted octanol–water partition coefficient (Wildman–Crippen LogP) is 4.46. The van der Waals surface area contributed by atoms with Crippen LogP contribution in [0.25, 0.3) is 22.2 Å². The van der Waals surface area contributed by atoms with Crippen LogP contribution in [0, 0.1) is 3.57 Å². The van der Waals surface area contributed by atoms with Crippen molar-refractivity contribution in [2.24, 2.45) is 0 Å². The molecule has 1 aliphatic rings. The molecule has 0 saturated carbocycles. The number of aromatic nitrogens is 3. The van der Waals surface area contributed by atoms with Gasteiger partial charge in [-0.05, 0) is 66.2 Å². The van der Waals surface area contributed by atoms with Gasteiger partial charge in [-0.15, -0.1) is 0 Å². The summed E-state index contributed by atoms with van der Waals surface area (Å²) in [5, 5.41) is 12.2. The Morgan fingerprint density at radius 3 is 2.66 bits per heavy atom. The predicted molar refractivity (Wildman–Crippen MR) is 136 cm³/mol.